The van der Waals surface area contributed by atoms with Crippen molar-refractivity contribution < 1.29 is 5.11 Å². The molecule has 1 atom stereocenters. The highest BCUT2D eigenvalue weighted by Crippen LogP contribution is 2.28. The number of hydrogen-bond acceptors (Lipinski definition) is 3. The standard InChI is InChI=1S/C10H17N3O/c1-8(2)12-5-3-4-10(12)13-7-9(14)6-11-13/h6-8,10,14H,3-5H2,1-2H3. The van der Waals surface area contributed by atoms with Gasteiger partial charge in [-0.1, -0.05) is 0 Å². The zero-order chi connectivity index (χ0) is 10.1. The van der Waals surface area contributed by atoms with Crippen LogP contribution in [0.25, 0.3) is 0 Å². The topological polar surface area (TPSA) is 41.3 Å². The predicted molar refractivity (Wildman–Crippen MR) is 54.0 cm³/mol. The first kappa shape index (κ1) is 9.52. The Bertz CT molecular complexity index is 308. The van der Waals surface area contributed by atoms with Crippen molar-refractivity contribution >= 4 is 0 Å². The maximum atomic E-state index is 9.24. The summed E-state index contributed by atoms with van der Waals surface area (Å²) in [7, 11) is 0. The molecule has 2 rings (SSSR count). The molecule has 0 amide bonds. The Morgan fingerprint density at radius 1 is 1.57 bits per heavy atom. The van der Waals surface area contributed by atoms with Crippen molar-refractivity contribution in [2.75, 3.05) is 6.54 Å². The van der Waals surface area contributed by atoms with Gasteiger partial charge in [-0.3, -0.25) is 9.58 Å². The number of nitrogens with zero attached hydrogens (tertiary/aromatic N) is 3. The molecular formula is C10H17N3O. The number of rotatable bonds is 2. The third-order valence-electron chi connectivity index (χ3n) is 2.82. The fourth-order valence-electron chi connectivity index (χ4n) is 2.15. The highest BCUT2D eigenvalue weighted by atomic mass is 16.3. The smallest absolute Gasteiger partial charge is 0.153 e. The average molecular weight is 195 g/mol. The van der Waals surface area contributed by atoms with Crippen LogP contribution in [0.15, 0.2) is 12.4 Å². The molecule has 1 fully saturated rings. The summed E-state index contributed by atoms with van der Waals surface area (Å²) in [6.45, 7) is 5.52. The van der Waals surface area contributed by atoms with E-state index in [1.807, 2.05) is 4.68 Å². The first-order chi connectivity index (χ1) is 6.68. The Hall–Kier alpha value is -1.03. The highest BCUT2D eigenvalue weighted by molar-refractivity contribution is 5.09. The molecular weight excluding hydrogens is 178 g/mol. The number of aromatic hydroxyl groups is 1. The van der Waals surface area contributed by atoms with Gasteiger partial charge >= 0.3 is 0 Å². The van der Waals surface area contributed by atoms with E-state index in [4.69, 9.17) is 0 Å². The molecule has 1 aromatic rings. The molecule has 1 N–H and O–H groups in total. The summed E-state index contributed by atoms with van der Waals surface area (Å²) in [6, 6.07) is 0.536. The molecule has 0 spiro atoms. The van der Waals surface area contributed by atoms with Crippen LogP contribution >= 0.6 is 0 Å². The molecule has 14 heavy (non-hydrogen) atoms. The van der Waals surface area contributed by atoms with E-state index in [-0.39, 0.29) is 5.75 Å². The SMILES string of the molecule is CC(C)N1CCCC1n1cc(O)cn1. The van der Waals surface area contributed by atoms with Crippen molar-refractivity contribution in [3.05, 3.63) is 12.4 Å². The highest BCUT2D eigenvalue weighted by Gasteiger charge is 2.28. The minimum atomic E-state index is 0.251. The van der Waals surface area contributed by atoms with E-state index in [0.717, 1.165) is 13.0 Å². The molecule has 1 unspecified atom stereocenters. The molecule has 1 aliphatic heterocycles. The van der Waals surface area contributed by atoms with Crippen molar-refractivity contribution in [3.8, 4) is 5.75 Å². The van der Waals surface area contributed by atoms with Gasteiger partial charge in [0.05, 0.1) is 12.4 Å². The van der Waals surface area contributed by atoms with E-state index in [2.05, 4.69) is 23.8 Å². The lowest BCUT2D eigenvalue weighted by atomic mass is 10.3. The summed E-state index contributed by atoms with van der Waals surface area (Å²) in [4.78, 5) is 2.41. The van der Waals surface area contributed by atoms with Gasteiger partial charge in [0.15, 0.2) is 5.75 Å². The number of likely N-dealkylation sites (tertiary alicyclic amines) is 1. The van der Waals surface area contributed by atoms with Crippen LogP contribution < -0.4 is 0 Å². The Morgan fingerprint density at radius 2 is 2.36 bits per heavy atom. The van der Waals surface area contributed by atoms with Gasteiger partial charge in [-0.25, -0.2) is 0 Å². The van der Waals surface area contributed by atoms with Crippen LogP contribution in [0.5, 0.6) is 5.75 Å². The van der Waals surface area contributed by atoms with Gasteiger partial charge in [0, 0.05) is 12.6 Å². The molecule has 0 aliphatic carbocycles. The summed E-state index contributed by atoms with van der Waals surface area (Å²) in [5.74, 6) is 0.251. The Morgan fingerprint density at radius 3 is 2.93 bits per heavy atom. The van der Waals surface area contributed by atoms with Crippen LogP contribution in [0, 0.1) is 0 Å². The lowest BCUT2D eigenvalue weighted by Gasteiger charge is -2.28. The van der Waals surface area contributed by atoms with Crippen molar-refractivity contribution in [3.63, 3.8) is 0 Å². The van der Waals surface area contributed by atoms with Crippen molar-refractivity contribution in [1.29, 1.82) is 0 Å². The van der Waals surface area contributed by atoms with E-state index in [0.29, 0.717) is 12.2 Å². The molecule has 0 saturated carbocycles. The van der Waals surface area contributed by atoms with E-state index < -0.39 is 0 Å². The van der Waals surface area contributed by atoms with Crippen LogP contribution in [0.2, 0.25) is 0 Å². The zero-order valence-electron chi connectivity index (χ0n) is 8.72. The molecule has 1 aliphatic rings. The maximum Gasteiger partial charge on any atom is 0.153 e. The second-order valence-electron chi connectivity index (χ2n) is 4.13. The molecule has 0 aromatic carbocycles. The van der Waals surface area contributed by atoms with Gasteiger partial charge in [-0.2, -0.15) is 5.10 Å². The monoisotopic (exact) mass is 195 g/mol. The van der Waals surface area contributed by atoms with E-state index in [1.165, 1.54) is 12.6 Å². The van der Waals surface area contributed by atoms with Crippen LogP contribution in [-0.2, 0) is 0 Å². The molecule has 0 radical (unpaired) electrons. The summed E-state index contributed by atoms with van der Waals surface area (Å²) >= 11 is 0. The zero-order valence-corrected chi connectivity index (χ0v) is 8.72. The summed E-state index contributed by atoms with van der Waals surface area (Å²) in [5, 5.41) is 13.4. The number of aromatic nitrogens is 2. The van der Waals surface area contributed by atoms with Crippen LogP contribution in [-0.4, -0.2) is 32.4 Å². The second kappa shape index (κ2) is 3.61. The van der Waals surface area contributed by atoms with Crippen LogP contribution in [0.3, 0.4) is 0 Å². The van der Waals surface area contributed by atoms with Gasteiger partial charge in [-0.15, -0.1) is 0 Å². The quantitative estimate of drug-likeness (QED) is 0.779. The van der Waals surface area contributed by atoms with Gasteiger partial charge in [0.2, 0.25) is 0 Å². The lowest BCUT2D eigenvalue weighted by Crippen LogP contribution is -2.33. The van der Waals surface area contributed by atoms with Crippen molar-refractivity contribution in [2.24, 2.45) is 0 Å². The molecule has 4 nitrogen and oxygen atoms in total. The first-order valence-corrected chi connectivity index (χ1v) is 5.17. The largest absolute Gasteiger partial charge is 0.505 e. The Kier molecular flexibility index (Phi) is 2.46. The normalized spacial score (nSPS) is 23.5. The second-order valence-corrected chi connectivity index (χ2v) is 4.13. The molecule has 4 heteroatoms. The minimum Gasteiger partial charge on any atom is -0.505 e. The predicted octanol–water partition coefficient (Wildman–Crippen LogP) is 1.59. The van der Waals surface area contributed by atoms with Crippen LogP contribution in [0.4, 0.5) is 0 Å². The Labute approximate surface area is 84.1 Å². The maximum absolute atomic E-state index is 9.24. The molecule has 1 saturated heterocycles. The fourth-order valence-corrected chi connectivity index (χ4v) is 2.15. The summed E-state index contributed by atoms with van der Waals surface area (Å²) in [5.41, 5.74) is 0. The summed E-state index contributed by atoms with van der Waals surface area (Å²) < 4.78 is 1.86. The molecule has 78 valence electrons. The third-order valence-corrected chi connectivity index (χ3v) is 2.82. The average Bonchev–Trinajstić information content (AvgIpc) is 2.70. The first-order valence-electron chi connectivity index (χ1n) is 5.17. The fraction of sp³-hybridized carbons (Fsp3) is 0.700. The van der Waals surface area contributed by atoms with Crippen molar-refractivity contribution in [1.82, 2.24) is 14.7 Å². The molecule has 2 heterocycles. The lowest BCUT2D eigenvalue weighted by molar-refractivity contribution is 0.140. The van der Waals surface area contributed by atoms with E-state index >= 15 is 0 Å². The van der Waals surface area contributed by atoms with Crippen molar-refractivity contribution in [2.45, 2.75) is 38.9 Å². The Balaban J connectivity index is 2.17. The summed E-state index contributed by atoms with van der Waals surface area (Å²) in [6.07, 6.45) is 5.86. The van der Waals surface area contributed by atoms with Gasteiger partial charge in [0.1, 0.15) is 6.17 Å². The van der Waals surface area contributed by atoms with Crippen LogP contribution in [0.1, 0.15) is 32.9 Å². The van der Waals surface area contributed by atoms with Gasteiger partial charge < -0.3 is 5.11 Å². The number of hydrogen-bond donors (Lipinski definition) is 1. The van der Waals surface area contributed by atoms with Gasteiger partial charge in [-0.05, 0) is 26.7 Å². The molecule has 1 aromatic heterocycles. The third kappa shape index (κ3) is 1.62. The van der Waals surface area contributed by atoms with E-state index in [9.17, 15) is 5.11 Å². The molecule has 0 bridgehead atoms. The van der Waals surface area contributed by atoms with Gasteiger partial charge in [0.25, 0.3) is 0 Å². The van der Waals surface area contributed by atoms with E-state index in [1.54, 1.807) is 6.20 Å². The minimum absolute atomic E-state index is 0.251.